The van der Waals surface area contributed by atoms with Crippen LogP contribution in [0, 0.1) is 12.3 Å². The van der Waals surface area contributed by atoms with Gasteiger partial charge in [0.25, 0.3) is 0 Å². The Kier molecular flexibility index (Phi) is 8.02. The maximum absolute atomic E-state index is 13.9. The van der Waals surface area contributed by atoms with E-state index >= 15 is 0 Å². The van der Waals surface area contributed by atoms with Crippen molar-refractivity contribution in [2.24, 2.45) is 5.41 Å². The molecule has 0 bridgehead atoms. The van der Waals surface area contributed by atoms with Crippen LogP contribution in [0.5, 0.6) is 0 Å². The highest BCUT2D eigenvalue weighted by atomic mass is 19.4. The number of benzene rings is 2. The number of fused-ring (bicyclic) bond motifs is 1. The number of carbonyl (C=O) groups excluding carboxylic acids is 3. The molecule has 228 valence electrons. The van der Waals surface area contributed by atoms with Gasteiger partial charge < -0.3 is 19.6 Å². The molecule has 2 fully saturated rings. The molecule has 3 atom stereocenters. The van der Waals surface area contributed by atoms with Crippen molar-refractivity contribution in [1.29, 1.82) is 0 Å². The molecule has 2 aliphatic heterocycles. The minimum absolute atomic E-state index is 0.0435. The normalized spacial score (nSPS) is 22.7. The second-order valence-corrected chi connectivity index (χ2v) is 11.3. The molecule has 2 heterocycles. The minimum atomic E-state index is -5.02. The Morgan fingerprint density at radius 2 is 1.52 bits per heavy atom. The summed E-state index contributed by atoms with van der Waals surface area (Å²) in [4.78, 5) is 46.0. The number of piperazine rings is 1. The number of halogens is 6. The van der Waals surface area contributed by atoms with Crippen LogP contribution in [0.3, 0.4) is 0 Å². The summed E-state index contributed by atoms with van der Waals surface area (Å²) >= 11 is 0. The maximum Gasteiger partial charge on any atom is 0.416 e. The Bertz CT molecular complexity index is 1360. The predicted molar refractivity (Wildman–Crippen MR) is 141 cm³/mol. The summed E-state index contributed by atoms with van der Waals surface area (Å²) in [6.45, 7) is 3.06. The van der Waals surface area contributed by atoms with Gasteiger partial charge in [0.05, 0.1) is 23.2 Å². The zero-order valence-electron chi connectivity index (χ0n) is 23.8. The molecule has 0 N–H and O–H groups in total. The number of urea groups is 1. The fourth-order valence-electron chi connectivity index (χ4n) is 6.05. The van der Waals surface area contributed by atoms with Gasteiger partial charge in [0.2, 0.25) is 11.8 Å². The molecule has 0 radical (unpaired) electrons. The number of nitrogens with zero attached hydrogens (tertiary/aromatic N) is 4. The number of hydrogen-bond acceptors (Lipinski definition) is 3. The quantitative estimate of drug-likeness (QED) is 0.353. The van der Waals surface area contributed by atoms with Crippen molar-refractivity contribution >= 4 is 17.8 Å². The summed E-state index contributed by atoms with van der Waals surface area (Å²) in [5, 5.41) is 0. The van der Waals surface area contributed by atoms with Crippen LogP contribution in [0.25, 0.3) is 0 Å². The van der Waals surface area contributed by atoms with Crippen molar-refractivity contribution in [2.45, 2.75) is 51.2 Å². The lowest BCUT2D eigenvalue weighted by Crippen LogP contribution is -2.57. The summed E-state index contributed by atoms with van der Waals surface area (Å²) in [5.41, 5.74) is -3.08. The Balaban J connectivity index is 1.70. The zero-order valence-corrected chi connectivity index (χ0v) is 23.8. The van der Waals surface area contributed by atoms with Gasteiger partial charge in [-0.2, -0.15) is 26.3 Å². The topological polar surface area (TPSA) is 64.2 Å². The van der Waals surface area contributed by atoms with Crippen LogP contribution >= 0.6 is 0 Å². The predicted octanol–water partition coefficient (Wildman–Crippen LogP) is 5.34. The van der Waals surface area contributed by atoms with Gasteiger partial charge in [0.1, 0.15) is 5.41 Å². The van der Waals surface area contributed by atoms with E-state index in [1.54, 1.807) is 38.1 Å². The number of alkyl halides is 6. The highest BCUT2D eigenvalue weighted by molar-refractivity contribution is 6.06. The molecule has 0 spiro atoms. The van der Waals surface area contributed by atoms with Crippen LogP contribution in [-0.2, 0) is 28.5 Å². The first-order chi connectivity index (χ1) is 19.4. The van der Waals surface area contributed by atoms with E-state index in [0.717, 1.165) is 16.0 Å². The third kappa shape index (κ3) is 5.65. The van der Waals surface area contributed by atoms with Crippen LogP contribution in [0.4, 0.5) is 31.1 Å². The maximum atomic E-state index is 13.9. The number of carbonyl (C=O) groups is 3. The minimum Gasteiger partial charge on any atom is -0.348 e. The molecule has 13 heteroatoms. The van der Waals surface area contributed by atoms with Crippen LogP contribution in [-0.4, -0.2) is 77.7 Å². The van der Waals surface area contributed by atoms with E-state index in [9.17, 15) is 40.7 Å². The second-order valence-electron chi connectivity index (χ2n) is 11.3. The van der Waals surface area contributed by atoms with Crippen LogP contribution in [0.15, 0.2) is 42.5 Å². The average molecular weight is 599 g/mol. The van der Waals surface area contributed by atoms with Crippen molar-refractivity contribution in [2.75, 3.05) is 34.2 Å². The van der Waals surface area contributed by atoms with E-state index < -0.39 is 53.6 Å². The van der Waals surface area contributed by atoms with E-state index in [-0.39, 0.29) is 43.0 Å². The van der Waals surface area contributed by atoms with Crippen molar-refractivity contribution in [1.82, 2.24) is 19.6 Å². The van der Waals surface area contributed by atoms with Gasteiger partial charge in [-0.05, 0) is 55.2 Å². The third-order valence-electron chi connectivity index (χ3n) is 8.06. The van der Waals surface area contributed by atoms with Crippen LogP contribution < -0.4 is 0 Å². The SMILES string of the molecule is Cc1ccccc1C1C2CC(C)(C(=O)N(C)C)C(=O)N2CCN1C(=O)N(C)Cc1cc(C(F)(F)F)cc(C(F)(F)F)c1. The molecule has 2 aliphatic rings. The molecule has 2 aromatic carbocycles. The summed E-state index contributed by atoms with van der Waals surface area (Å²) in [5.74, 6) is -0.723. The zero-order chi connectivity index (χ0) is 31.4. The fourth-order valence-corrected chi connectivity index (χ4v) is 6.05. The van der Waals surface area contributed by atoms with Crippen molar-refractivity contribution < 1.29 is 40.7 Å². The summed E-state index contributed by atoms with van der Waals surface area (Å²) < 4.78 is 80.5. The highest BCUT2D eigenvalue weighted by Gasteiger charge is 2.58. The molecule has 4 amide bonds. The molecule has 3 unspecified atom stereocenters. The molecule has 2 aromatic rings. The van der Waals surface area contributed by atoms with Crippen LogP contribution in [0.2, 0.25) is 0 Å². The first-order valence-corrected chi connectivity index (χ1v) is 13.2. The number of amides is 4. The van der Waals surface area contributed by atoms with Gasteiger partial charge in [-0.25, -0.2) is 4.79 Å². The van der Waals surface area contributed by atoms with Gasteiger partial charge >= 0.3 is 18.4 Å². The van der Waals surface area contributed by atoms with E-state index in [1.807, 2.05) is 19.1 Å². The first kappa shape index (κ1) is 31.2. The Morgan fingerprint density at radius 3 is 2.05 bits per heavy atom. The number of rotatable bonds is 4. The molecule has 0 aliphatic carbocycles. The standard InChI is InChI=1S/C29H32F6N4O3/c1-17-8-6-7-9-21(17)23-22-15-27(2,24(40)36(3)4)25(41)38(22)10-11-39(23)26(42)37(5)16-18-12-19(28(30,31)32)14-20(13-18)29(33,34)35/h6-9,12-14,22-23H,10-11,15-16H2,1-5H3. The van der Waals surface area contributed by atoms with E-state index in [1.165, 1.54) is 16.8 Å². The van der Waals surface area contributed by atoms with E-state index in [2.05, 4.69) is 0 Å². The monoisotopic (exact) mass is 598 g/mol. The lowest BCUT2D eigenvalue weighted by molar-refractivity contribution is -0.149. The molecular weight excluding hydrogens is 566 g/mol. The Labute approximate surface area is 239 Å². The summed E-state index contributed by atoms with van der Waals surface area (Å²) in [7, 11) is 4.41. The number of hydrogen-bond donors (Lipinski definition) is 0. The van der Waals surface area contributed by atoms with Crippen molar-refractivity contribution in [3.8, 4) is 0 Å². The van der Waals surface area contributed by atoms with E-state index in [0.29, 0.717) is 12.1 Å². The molecule has 4 rings (SSSR count). The first-order valence-electron chi connectivity index (χ1n) is 13.2. The molecule has 0 aromatic heterocycles. The average Bonchev–Trinajstić information content (AvgIpc) is 3.17. The Morgan fingerprint density at radius 1 is 0.952 bits per heavy atom. The highest BCUT2D eigenvalue weighted by Crippen LogP contribution is 2.47. The van der Waals surface area contributed by atoms with E-state index in [4.69, 9.17) is 0 Å². The molecule has 0 saturated carbocycles. The molecular formula is C29H32F6N4O3. The van der Waals surface area contributed by atoms with Gasteiger partial charge in [0, 0.05) is 40.8 Å². The lowest BCUT2D eigenvalue weighted by Gasteiger charge is -2.46. The van der Waals surface area contributed by atoms with Gasteiger partial charge in [0.15, 0.2) is 0 Å². The molecule has 2 saturated heterocycles. The molecule has 42 heavy (non-hydrogen) atoms. The van der Waals surface area contributed by atoms with Crippen molar-refractivity contribution in [3.63, 3.8) is 0 Å². The largest absolute Gasteiger partial charge is 0.416 e. The fraction of sp³-hybridized carbons (Fsp3) is 0.483. The van der Waals surface area contributed by atoms with Gasteiger partial charge in [-0.15, -0.1) is 0 Å². The lowest BCUT2D eigenvalue weighted by atomic mass is 9.82. The van der Waals surface area contributed by atoms with Crippen molar-refractivity contribution in [3.05, 3.63) is 70.3 Å². The smallest absolute Gasteiger partial charge is 0.348 e. The van der Waals surface area contributed by atoms with Crippen LogP contribution in [0.1, 0.15) is 47.2 Å². The van der Waals surface area contributed by atoms with Gasteiger partial charge in [-0.3, -0.25) is 9.59 Å². The Hall–Kier alpha value is -3.77. The molecule has 7 nitrogen and oxygen atoms in total. The summed E-state index contributed by atoms with van der Waals surface area (Å²) in [6, 6.07) is 6.55. The summed E-state index contributed by atoms with van der Waals surface area (Å²) in [6.07, 6.45) is -9.91. The van der Waals surface area contributed by atoms with Gasteiger partial charge in [-0.1, -0.05) is 24.3 Å². The number of aryl methyl sites for hydroxylation is 1. The second kappa shape index (κ2) is 10.8. The third-order valence-corrected chi connectivity index (χ3v) is 8.06.